The van der Waals surface area contributed by atoms with Gasteiger partial charge in [-0.3, -0.25) is 19.3 Å². The summed E-state index contributed by atoms with van der Waals surface area (Å²) in [6, 6.07) is 17.8. The second-order valence-electron chi connectivity index (χ2n) is 8.09. The number of benzene rings is 2. The second kappa shape index (κ2) is 9.08. The topological polar surface area (TPSA) is 68.3 Å². The number of carbonyl (C=O) groups excluding carboxylic acids is 2. The number of methoxy groups -OCH3 is 1. The highest BCUT2D eigenvalue weighted by molar-refractivity contribution is 5.88. The summed E-state index contributed by atoms with van der Waals surface area (Å²) in [5, 5.41) is 1.42. The predicted octanol–water partition coefficient (Wildman–Crippen LogP) is 3.40. The molecule has 0 saturated carbocycles. The Labute approximate surface area is 182 Å². The highest BCUT2D eigenvalue weighted by Gasteiger charge is 2.58. The molecule has 1 amide bonds. The summed E-state index contributed by atoms with van der Waals surface area (Å²) in [6.07, 6.45) is 1.46. The summed E-state index contributed by atoms with van der Waals surface area (Å²) in [7, 11) is 2.86. The molecule has 31 heavy (non-hydrogen) atoms. The van der Waals surface area contributed by atoms with E-state index in [1.165, 1.54) is 19.3 Å². The highest BCUT2D eigenvalue weighted by Crippen LogP contribution is 2.44. The van der Waals surface area contributed by atoms with Crippen LogP contribution in [0.1, 0.15) is 24.8 Å². The Bertz CT molecular complexity index is 923. The molecule has 2 fully saturated rings. The number of piperidine rings is 1. The fraction of sp³-hybridized carbons (Fsp3) is 0.417. The number of rotatable bonds is 6. The predicted molar refractivity (Wildman–Crippen MR) is 114 cm³/mol. The number of amides is 1. The van der Waals surface area contributed by atoms with E-state index in [9.17, 15) is 9.59 Å². The van der Waals surface area contributed by atoms with E-state index in [1.807, 2.05) is 42.5 Å². The van der Waals surface area contributed by atoms with Crippen molar-refractivity contribution < 1.29 is 23.9 Å². The number of hydrogen-bond donors (Lipinski definition) is 0. The molecule has 1 atom stereocenters. The molecule has 2 heterocycles. The van der Waals surface area contributed by atoms with Crippen molar-refractivity contribution in [1.29, 1.82) is 0 Å². The minimum absolute atomic E-state index is 0.138. The van der Waals surface area contributed by atoms with Gasteiger partial charge in [-0.1, -0.05) is 30.3 Å². The van der Waals surface area contributed by atoms with Crippen molar-refractivity contribution in [3.05, 3.63) is 60.2 Å². The normalized spacial score (nSPS) is 20.8. The number of likely N-dealkylation sites (tertiary alicyclic amines) is 1. The minimum atomic E-state index is -0.631. The molecule has 164 valence electrons. The Kier molecular flexibility index (Phi) is 6.25. The Morgan fingerprint density at radius 1 is 1.03 bits per heavy atom. The summed E-state index contributed by atoms with van der Waals surface area (Å²) in [4.78, 5) is 32.5. The van der Waals surface area contributed by atoms with Gasteiger partial charge in [-0.25, -0.2) is 5.06 Å². The van der Waals surface area contributed by atoms with E-state index in [0.29, 0.717) is 12.8 Å². The lowest BCUT2D eigenvalue weighted by molar-refractivity contribution is -0.210. The average Bonchev–Trinajstić information content (AvgIpc) is 3.06. The van der Waals surface area contributed by atoms with Crippen LogP contribution in [0.3, 0.4) is 0 Å². The van der Waals surface area contributed by atoms with Crippen molar-refractivity contribution in [2.24, 2.45) is 5.92 Å². The molecule has 0 N–H and O–H groups in total. The zero-order chi connectivity index (χ0) is 21.8. The summed E-state index contributed by atoms with van der Waals surface area (Å²) in [5.74, 6) is 0.618. The fourth-order valence-corrected chi connectivity index (χ4v) is 4.81. The van der Waals surface area contributed by atoms with Crippen molar-refractivity contribution in [1.82, 2.24) is 9.96 Å². The van der Waals surface area contributed by atoms with Crippen LogP contribution in [-0.4, -0.2) is 54.7 Å². The number of para-hydroxylation sites is 1. The number of esters is 1. The number of ether oxygens (including phenoxy) is 2. The van der Waals surface area contributed by atoms with E-state index < -0.39 is 11.5 Å². The van der Waals surface area contributed by atoms with Gasteiger partial charge in [0.05, 0.1) is 25.7 Å². The zero-order valence-electron chi connectivity index (χ0n) is 18.0. The van der Waals surface area contributed by atoms with Crippen LogP contribution in [0.4, 0.5) is 0 Å². The van der Waals surface area contributed by atoms with Gasteiger partial charge in [0.15, 0.2) is 0 Å². The first-order valence-corrected chi connectivity index (χ1v) is 10.5. The fourth-order valence-electron chi connectivity index (χ4n) is 4.81. The molecule has 7 heteroatoms. The third kappa shape index (κ3) is 4.29. The molecule has 1 unspecified atom stereocenters. The quantitative estimate of drug-likeness (QED) is 0.662. The van der Waals surface area contributed by atoms with Gasteiger partial charge in [-0.2, -0.15) is 0 Å². The Hall–Kier alpha value is -2.90. The number of nitrogens with zero attached hydrogens (tertiary/aromatic N) is 2. The molecule has 2 aliphatic rings. The van der Waals surface area contributed by atoms with Crippen LogP contribution in [-0.2, 0) is 25.7 Å². The molecule has 0 aromatic heterocycles. The molecule has 0 aliphatic carbocycles. The molecule has 7 nitrogen and oxygen atoms in total. The molecule has 2 aromatic carbocycles. The van der Waals surface area contributed by atoms with Gasteiger partial charge in [-0.05, 0) is 42.7 Å². The average molecular weight is 424 g/mol. The lowest BCUT2D eigenvalue weighted by atomic mass is 9.77. The second-order valence-corrected chi connectivity index (χ2v) is 8.09. The SMILES string of the molecule is COC(=O)C1CC(=O)N(OC)C12CCN(Cc1cccc(Oc3ccccc3)c1)CC2. The van der Waals surface area contributed by atoms with Crippen LogP contribution in [0, 0.1) is 5.92 Å². The summed E-state index contributed by atoms with van der Waals surface area (Å²) in [6.45, 7) is 2.28. The van der Waals surface area contributed by atoms with E-state index >= 15 is 0 Å². The van der Waals surface area contributed by atoms with E-state index in [2.05, 4.69) is 17.0 Å². The molecule has 2 aliphatic heterocycles. The standard InChI is InChI=1S/C24H28N2O5/c1-29-23(28)21-16-22(27)26(30-2)24(21)11-13-25(14-12-24)17-18-7-6-10-20(15-18)31-19-8-4-3-5-9-19/h3-10,15,21H,11-14,16-17H2,1-2H3. The van der Waals surface area contributed by atoms with Crippen molar-refractivity contribution in [2.45, 2.75) is 31.3 Å². The number of hydrogen-bond acceptors (Lipinski definition) is 6. The molecule has 1 spiro atoms. The molecule has 0 radical (unpaired) electrons. The monoisotopic (exact) mass is 424 g/mol. The first kappa shape index (κ1) is 21.3. The molecule has 4 rings (SSSR count). The van der Waals surface area contributed by atoms with Crippen LogP contribution >= 0.6 is 0 Å². The highest BCUT2D eigenvalue weighted by atomic mass is 16.7. The van der Waals surface area contributed by atoms with Crippen molar-refractivity contribution in [3.63, 3.8) is 0 Å². The Morgan fingerprint density at radius 3 is 2.42 bits per heavy atom. The van der Waals surface area contributed by atoms with Crippen LogP contribution in [0.5, 0.6) is 11.5 Å². The van der Waals surface area contributed by atoms with E-state index in [4.69, 9.17) is 14.3 Å². The van der Waals surface area contributed by atoms with Gasteiger partial charge in [0.2, 0.25) is 5.91 Å². The smallest absolute Gasteiger partial charge is 0.311 e. The first-order valence-electron chi connectivity index (χ1n) is 10.5. The maximum Gasteiger partial charge on any atom is 0.311 e. The third-order valence-electron chi connectivity index (χ3n) is 6.33. The zero-order valence-corrected chi connectivity index (χ0v) is 18.0. The van der Waals surface area contributed by atoms with Crippen molar-refractivity contribution in [2.75, 3.05) is 27.3 Å². The van der Waals surface area contributed by atoms with Crippen LogP contribution in [0.2, 0.25) is 0 Å². The van der Waals surface area contributed by atoms with Crippen molar-refractivity contribution >= 4 is 11.9 Å². The number of carbonyl (C=O) groups is 2. The van der Waals surface area contributed by atoms with E-state index in [0.717, 1.165) is 36.7 Å². The van der Waals surface area contributed by atoms with Gasteiger partial charge in [0.25, 0.3) is 0 Å². The Balaban J connectivity index is 1.42. The van der Waals surface area contributed by atoms with Crippen molar-refractivity contribution in [3.8, 4) is 11.5 Å². The maximum absolute atomic E-state index is 12.4. The van der Waals surface area contributed by atoms with Crippen LogP contribution < -0.4 is 4.74 Å². The maximum atomic E-state index is 12.4. The number of hydroxylamine groups is 2. The summed E-state index contributed by atoms with van der Waals surface area (Å²) < 4.78 is 10.9. The van der Waals surface area contributed by atoms with Gasteiger partial charge in [0.1, 0.15) is 11.5 Å². The van der Waals surface area contributed by atoms with Gasteiger partial charge < -0.3 is 9.47 Å². The molecule has 2 aromatic rings. The third-order valence-corrected chi connectivity index (χ3v) is 6.33. The van der Waals surface area contributed by atoms with Crippen LogP contribution in [0.15, 0.2) is 54.6 Å². The van der Waals surface area contributed by atoms with E-state index in [1.54, 1.807) is 0 Å². The van der Waals surface area contributed by atoms with E-state index in [-0.39, 0.29) is 18.3 Å². The first-order chi connectivity index (χ1) is 15.1. The molecule has 0 bridgehead atoms. The lowest BCUT2D eigenvalue weighted by Gasteiger charge is -2.45. The van der Waals surface area contributed by atoms with Gasteiger partial charge in [-0.15, -0.1) is 0 Å². The molecular weight excluding hydrogens is 396 g/mol. The van der Waals surface area contributed by atoms with Crippen LogP contribution in [0.25, 0.3) is 0 Å². The van der Waals surface area contributed by atoms with Gasteiger partial charge >= 0.3 is 5.97 Å². The summed E-state index contributed by atoms with van der Waals surface area (Å²) >= 11 is 0. The lowest BCUT2D eigenvalue weighted by Crippen LogP contribution is -2.57. The summed E-state index contributed by atoms with van der Waals surface area (Å²) in [5.41, 5.74) is 0.522. The molecule has 2 saturated heterocycles. The molecular formula is C24H28N2O5. The Morgan fingerprint density at radius 2 is 1.74 bits per heavy atom. The minimum Gasteiger partial charge on any atom is -0.469 e. The van der Waals surface area contributed by atoms with Gasteiger partial charge in [0, 0.05) is 26.1 Å². The largest absolute Gasteiger partial charge is 0.469 e.